The molecule has 15 aromatic rings. The largest absolute Gasteiger partial charge is 0.468 e. The lowest BCUT2D eigenvalue weighted by Crippen LogP contribution is -2.21. The van der Waals surface area contributed by atoms with Crippen molar-refractivity contribution in [2.75, 3.05) is 7.11 Å². The number of hydrogen-bond donors (Lipinski definition) is 5. The number of tetrazole rings is 3. The van der Waals surface area contributed by atoms with Gasteiger partial charge in [0.1, 0.15) is 22.1 Å². The molecule has 578 valence electrons. The molecule has 0 bridgehead atoms. The molecule has 14 heterocycles. The summed E-state index contributed by atoms with van der Waals surface area (Å²) in [6.07, 6.45) is 16.1. The molecule has 110 heavy (non-hydrogen) atoms. The molecule has 0 atom stereocenters. The number of aromatic nitrogens is 29. The summed E-state index contributed by atoms with van der Waals surface area (Å²) in [5.41, 5.74) is 9.43. The Kier molecular flexibility index (Phi) is 25.7. The van der Waals surface area contributed by atoms with Gasteiger partial charge in [-0.1, -0.05) is 163 Å². The Morgan fingerprint density at radius 2 is 0.773 bits per heavy atom. The Bertz CT molecular complexity index is 5770. The molecule has 0 spiro atoms. The minimum Gasteiger partial charge on any atom is -0.468 e. The average Bonchev–Trinajstić information content (AvgIpc) is 1.63. The van der Waals surface area contributed by atoms with Crippen LogP contribution in [-0.4, -0.2) is 151 Å². The molecule has 40 heteroatoms. The first-order chi connectivity index (χ1) is 53.1. The second kappa shape index (κ2) is 35.2. The summed E-state index contributed by atoms with van der Waals surface area (Å²) < 4.78 is 19.4. The fourth-order valence-electron chi connectivity index (χ4n) is 13.6. The maximum absolute atomic E-state index is 12.4. The van der Waals surface area contributed by atoms with E-state index in [0.717, 1.165) is 86.4 Å². The number of benzene rings is 1. The van der Waals surface area contributed by atoms with E-state index in [0.29, 0.717) is 127 Å². The van der Waals surface area contributed by atoms with Crippen LogP contribution in [0.2, 0.25) is 25.1 Å². The van der Waals surface area contributed by atoms with E-state index in [4.69, 9.17) is 67.3 Å². The van der Waals surface area contributed by atoms with Crippen LogP contribution in [0.3, 0.4) is 0 Å². The van der Waals surface area contributed by atoms with E-state index in [-0.39, 0.29) is 53.0 Å². The summed E-state index contributed by atoms with van der Waals surface area (Å²) in [5, 5.41) is 44.3. The molecule has 14 aromatic heterocycles. The van der Waals surface area contributed by atoms with E-state index in [2.05, 4.69) is 139 Å². The van der Waals surface area contributed by atoms with Crippen molar-refractivity contribution in [3.63, 3.8) is 0 Å². The molecular weight excluding hydrogens is 1520 g/mol. The van der Waals surface area contributed by atoms with Gasteiger partial charge in [0.2, 0.25) is 29.2 Å². The second-order valence-corrected chi connectivity index (χ2v) is 27.4. The molecule has 0 saturated heterocycles. The fraction of sp³-hybridized carbons (Fsp3) is 0.414. The standard InChI is InChI=1S/C17H18ClN3O.C14H18ClN7O.C14H16ClN5O2.C13H16ClN7O.C12H14ClN7O/c1-3-12(4-2)21-15-14(11-8-6-5-7-9-11)13(18)10-19-16(15)20-17(21)22;1-5-8(6-2)22-11-10(12-18-20-21(3)19-12)9(15)7-16-13(11)17-14(22)23-4;1-4-8(5-2)20-11-10(12-17-7(3)22-19-12)9(15)6-16-13(11)18-14(20)21;1-4-7(5-2)21-10-9(11-17-19-20(3)18-11)8(14)6-15-12(10)16-13(21)22;1-3-6(4-2)20-9-8(10-16-18-19-17-10)7(13)5-14-11(9)15-12(20)21/h5-10,12H,3-4H2,1-2H3,(H,19,20,22);7-8H,5-6H2,1-4H3;6,8H,4-5H2,1-3H3,(H,16,18,21);6-7H,4-5H2,1-3H3,(H,15,16,22);5-6H,3-4H2,1-2H3,(H,14,15,21)(H,16,17,18,19). The number of imidazole rings is 5. The van der Waals surface area contributed by atoms with Gasteiger partial charge in [-0.2, -0.15) is 24.8 Å². The number of aromatic amines is 5. The van der Waals surface area contributed by atoms with Crippen molar-refractivity contribution < 1.29 is 9.26 Å². The lowest BCUT2D eigenvalue weighted by molar-refractivity contribution is 0.333. The van der Waals surface area contributed by atoms with E-state index < -0.39 is 0 Å². The van der Waals surface area contributed by atoms with Crippen molar-refractivity contribution in [3.05, 3.63) is 134 Å². The van der Waals surface area contributed by atoms with Gasteiger partial charge in [0.25, 0.3) is 6.01 Å². The Balaban J connectivity index is 0.000000136. The summed E-state index contributed by atoms with van der Waals surface area (Å²) in [5.74, 6) is 1.95. The monoisotopic (exact) mass is 1600 g/mol. The van der Waals surface area contributed by atoms with Crippen molar-refractivity contribution >= 4 is 114 Å². The van der Waals surface area contributed by atoms with Crippen LogP contribution in [0.4, 0.5) is 0 Å². The number of halogens is 5. The molecule has 15 rings (SSSR count). The predicted molar refractivity (Wildman–Crippen MR) is 421 cm³/mol. The molecule has 0 radical (unpaired) electrons. The molecule has 0 amide bonds. The summed E-state index contributed by atoms with van der Waals surface area (Å²) in [6.45, 7) is 22.3. The minimum absolute atomic E-state index is 0.0493. The third-order valence-corrected chi connectivity index (χ3v) is 20.4. The van der Waals surface area contributed by atoms with Gasteiger partial charge in [-0.05, 0) is 85.4 Å². The zero-order chi connectivity index (χ0) is 78.9. The SMILES string of the molecule is CCC(CC)n1c(=O)[nH]c2ncc(Cl)c(-c3ccccc3)c21.CCC(CC)n1c(=O)[nH]c2ncc(Cl)c(-c3nn[nH]n3)c21.CCC(CC)n1c(=O)[nH]c2ncc(Cl)c(-c3nnn(C)n3)c21.CCC(CC)n1c(=O)[nH]c2ncc(Cl)c(-c3noc(C)n3)c21.CCC(CC)n1c(OC)nc2ncc(Cl)c(-c3nnn(C)n3)c21. The highest BCUT2D eigenvalue weighted by Gasteiger charge is 2.30. The highest BCUT2D eigenvalue weighted by Crippen LogP contribution is 2.41. The number of fused-ring (bicyclic) bond motifs is 5. The van der Waals surface area contributed by atoms with E-state index in [1.54, 1.807) is 58.8 Å². The first-order valence-electron chi connectivity index (χ1n) is 35.9. The third-order valence-electron chi connectivity index (χ3n) is 19.0. The topological polar surface area (TPSA) is 423 Å². The highest BCUT2D eigenvalue weighted by atomic mass is 35.5. The number of hydrogen-bond acceptors (Lipinski definition) is 23. The smallest absolute Gasteiger partial charge is 0.327 e. The Hall–Kier alpha value is -10.9. The van der Waals surface area contributed by atoms with Crippen LogP contribution in [0.15, 0.2) is 85.0 Å². The molecule has 0 fully saturated rings. The van der Waals surface area contributed by atoms with E-state index in [1.807, 2.05) is 76.4 Å². The van der Waals surface area contributed by atoms with E-state index in [1.165, 1.54) is 28.2 Å². The molecule has 0 aliphatic carbocycles. The maximum Gasteiger partial charge on any atom is 0.327 e. The van der Waals surface area contributed by atoms with Gasteiger partial charge >= 0.3 is 22.8 Å². The lowest BCUT2D eigenvalue weighted by Gasteiger charge is -2.18. The number of pyridine rings is 5. The summed E-state index contributed by atoms with van der Waals surface area (Å²) >= 11 is 31.7. The van der Waals surface area contributed by atoms with Gasteiger partial charge in [0.15, 0.2) is 28.2 Å². The molecule has 5 N–H and O–H groups in total. The van der Waals surface area contributed by atoms with Gasteiger partial charge in [-0.25, -0.2) is 44.1 Å². The average molecular weight is 1600 g/mol. The zero-order valence-electron chi connectivity index (χ0n) is 62.8. The van der Waals surface area contributed by atoms with Gasteiger partial charge in [0.05, 0.1) is 74.1 Å². The van der Waals surface area contributed by atoms with Crippen molar-refractivity contribution in [2.45, 2.75) is 171 Å². The first kappa shape index (κ1) is 80.1. The molecular formula is C70H82Cl5N29O6. The third kappa shape index (κ3) is 15.8. The number of rotatable bonds is 21. The first-order valence-corrected chi connectivity index (χ1v) is 37.8. The van der Waals surface area contributed by atoms with E-state index in [9.17, 15) is 19.2 Å². The van der Waals surface area contributed by atoms with Crippen molar-refractivity contribution in [1.82, 2.24) is 144 Å². The summed E-state index contributed by atoms with van der Waals surface area (Å²) in [4.78, 5) is 93.3. The number of nitrogens with zero attached hydrogens (tertiary/aromatic N) is 24. The number of H-pyrrole nitrogens is 5. The van der Waals surface area contributed by atoms with Crippen LogP contribution >= 0.6 is 58.0 Å². The van der Waals surface area contributed by atoms with Crippen molar-refractivity contribution in [2.24, 2.45) is 14.1 Å². The molecule has 0 aliphatic rings. The van der Waals surface area contributed by atoms with Crippen molar-refractivity contribution in [3.8, 4) is 62.7 Å². The Morgan fingerprint density at radius 3 is 1.11 bits per heavy atom. The quantitative estimate of drug-likeness (QED) is 0.0446. The highest BCUT2D eigenvalue weighted by molar-refractivity contribution is 6.36. The fourth-order valence-corrected chi connectivity index (χ4v) is 14.7. The summed E-state index contributed by atoms with van der Waals surface area (Å²) in [7, 11) is 4.98. The molecule has 1 aromatic carbocycles. The Labute approximate surface area is 651 Å². The van der Waals surface area contributed by atoms with Gasteiger partial charge in [-0.3, -0.25) is 42.8 Å². The second-order valence-electron chi connectivity index (χ2n) is 25.3. The van der Waals surface area contributed by atoms with Crippen LogP contribution in [-0.2, 0) is 14.1 Å². The van der Waals surface area contributed by atoms with Crippen LogP contribution in [0.1, 0.15) is 170 Å². The number of ether oxygens (including phenoxy) is 1. The van der Waals surface area contributed by atoms with Gasteiger partial charge in [0, 0.05) is 73.7 Å². The Morgan fingerprint density at radius 1 is 0.427 bits per heavy atom. The number of methoxy groups -OCH3 is 1. The van der Waals surface area contributed by atoms with Crippen LogP contribution in [0.5, 0.6) is 6.01 Å². The molecule has 0 aliphatic heterocycles. The van der Waals surface area contributed by atoms with Gasteiger partial charge in [-0.15, -0.1) is 30.6 Å². The van der Waals surface area contributed by atoms with Crippen LogP contribution in [0.25, 0.3) is 112 Å². The number of nitrogens with one attached hydrogen (secondary N) is 5. The van der Waals surface area contributed by atoms with Crippen molar-refractivity contribution in [1.29, 1.82) is 0 Å². The van der Waals surface area contributed by atoms with E-state index >= 15 is 0 Å². The van der Waals surface area contributed by atoms with Gasteiger partial charge < -0.3 is 9.26 Å². The molecule has 0 saturated carbocycles. The molecule has 0 unspecified atom stereocenters. The summed E-state index contributed by atoms with van der Waals surface area (Å²) in [6, 6.07) is 10.9. The van der Waals surface area contributed by atoms with Crippen LogP contribution < -0.4 is 27.5 Å². The number of aryl methyl sites for hydroxylation is 3. The normalized spacial score (nSPS) is 11.6. The lowest BCUT2D eigenvalue weighted by atomic mass is 10.0. The molecule has 35 nitrogen and oxygen atoms in total. The predicted octanol–water partition coefficient (Wildman–Crippen LogP) is 14.0. The maximum atomic E-state index is 12.4. The minimum atomic E-state index is -0.210. The zero-order valence-corrected chi connectivity index (χ0v) is 66.6. The van der Waals surface area contributed by atoms with Crippen LogP contribution in [0, 0.1) is 6.92 Å².